The molecule has 0 unspecified atom stereocenters. The second-order valence-corrected chi connectivity index (χ2v) is 3.59. The summed E-state index contributed by atoms with van der Waals surface area (Å²) >= 11 is 0. The first-order valence-corrected chi connectivity index (χ1v) is 5.49. The number of rotatable bonds is 5. The van der Waals surface area contributed by atoms with Crippen LogP contribution >= 0.6 is 0 Å². The van der Waals surface area contributed by atoms with Gasteiger partial charge in [0.05, 0.1) is 12.3 Å². The van der Waals surface area contributed by atoms with Crippen molar-refractivity contribution in [3.63, 3.8) is 0 Å². The summed E-state index contributed by atoms with van der Waals surface area (Å²) in [5.41, 5.74) is 1.51. The van der Waals surface area contributed by atoms with Crippen molar-refractivity contribution in [3.05, 3.63) is 42.5 Å². The monoisotopic (exact) mass is 248 g/mol. The lowest BCUT2D eigenvalue weighted by atomic mass is 10.1. The van der Waals surface area contributed by atoms with Crippen molar-refractivity contribution in [1.82, 2.24) is 9.97 Å². The van der Waals surface area contributed by atoms with Crippen molar-refractivity contribution in [2.45, 2.75) is 0 Å². The first-order chi connectivity index (χ1) is 8.79. The minimum atomic E-state index is -0.274. The van der Waals surface area contributed by atoms with E-state index in [0.29, 0.717) is 24.8 Å². The second-order valence-electron chi connectivity index (χ2n) is 3.59. The van der Waals surface area contributed by atoms with Gasteiger partial charge in [-0.3, -0.25) is 0 Å². The minimum absolute atomic E-state index is 0.274. The van der Waals surface area contributed by atoms with Crippen molar-refractivity contribution in [2.75, 3.05) is 20.3 Å². The minimum Gasteiger partial charge on any atom is -0.475 e. The average Bonchev–Trinajstić information content (AvgIpc) is 2.40. The predicted molar refractivity (Wildman–Crippen MR) is 64.8 cm³/mol. The Bertz CT molecular complexity index is 503. The Kier molecular flexibility index (Phi) is 4.20. The van der Waals surface area contributed by atoms with E-state index >= 15 is 0 Å². The predicted octanol–water partition coefficient (Wildman–Crippen LogP) is 2.31. The van der Waals surface area contributed by atoms with E-state index in [1.807, 2.05) is 0 Å². The smallest absolute Gasteiger partial charge is 0.216 e. The Morgan fingerprint density at radius 2 is 1.89 bits per heavy atom. The molecule has 1 aromatic carbocycles. The maximum absolute atomic E-state index is 12.8. The van der Waals surface area contributed by atoms with Crippen molar-refractivity contribution >= 4 is 0 Å². The molecule has 0 aliphatic rings. The second kappa shape index (κ2) is 6.07. The third-order valence-corrected chi connectivity index (χ3v) is 2.32. The molecule has 0 saturated carbocycles. The number of hydrogen-bond donors (Lipinski definition) is 0. The molecular weight excluding hydrogens is 235 g/mol. The fourth-order valence-electron chi connectivity index (χ4n) is 1.43. The lowest BCUT2D eigenvalue weighted by Gasteiger charge is -2.06. The van der Waals surface area contributed by atoms with Gasteiger partial charge in [-0.1, -0.05) is 0 Å². The Labute approximate surface area is 104 Å². The molecule has 94 valence electrons. The molecule has 2 aromatic rings. The molecule has 18 heavy (non-hydrogen) atoms. The molecule has 1 aromatic heterocycles. The van der Waals surface area contributed by atoms with Gasteiger partial charge >= 0.3 is 0 Å². The van der Waals surface area contributed by atoms with E-state index in [1.54, 1.807) is 25.3 Å². The zero-order valence-electron chi connectivity index (χ0n) is 9.97. The van der Waals surface area contributed by atoms with Crippen LogP contribution in [0.25, 0.3) is 11.3 Å². The summed E-state index contributed by atoms with van der Waals surface area (Å²) in [5.74, 6) is 0.200. The van der Waals surface area contributed by atoms with Crippen molar-refractivity contribution in [1.29, 1.82) is 0 Å². The standard InChI is InChI=1S/C13H13FN2O2/c1-17-6-7-18-13-8-12(15-9-16-13)10-2-4-11(14)5-3-10/h2-5,8-9H,6-7H2,1H3. The van der Waals surface area contributed by atoms with Crippen LogP contribution in [0.4, 0.5) is 4.39 Å². The number of methoxy groups -OCH3 is 1. The highest BCUT2D eigenvalue weighted by molar-refractivity contribution is 5.59. The molecule has 0 atom stereocenters. The molecule has 0 fully saturated rings. The van der Waals surface area contributed by atoms with Crippen LogP contribution in [-0.2, 0) is 4.74 Å². The summed E-state index contributed by atoms with van der Waals surface area (Å²) in [6.45, 7) is 0.923. The van der Waals surface area contributed by atoms with E-state index in [4.69, 9.17) is 9.47 Å². The third kappa shape index (κ3) is 3.24. The number of aromatic nitrogens is 2. The molecule has 0 saturated heterocycles. The van der Waals surface area contributed by atoms with E-state index < -0.39 is 0 Å². The van der Waals surface area contributed by atoms with Crippen LogP contribution in [0.5, 0.6) is 5.88 Å². The SMILES string of the molecule is COCCOc1cc(-c2ccc(F)cc2)ncn1. The fourth-order valence-corrected chi connectivity index (χ4v) is 1.43. The van der Waals surface area contributed by atoms with Crippen molar-refractivity contribution < 1.29 is 13.9 Å². The van der Waals surface area contributed by atoms with Gasteiger partial charge in [-0.2, -0.15) is 0 Å². The van der Waals surface area contributed by atoms with Gasteiger partial charge in [-0.05, 0) is 24.3 Å². The summed E-state index contributed by atoms with van der Waals surface area (Å²) < 4.78 is 23.1. The summed E-state index contributed by atoms with van der Waals surface area (Å²) in [6.07, 6.45) is 1.42. The normalized spacial score (nSPS) is 10.3. The highest BCUT2D eigenvalue weighted by Gasteiger charge is 2.03. The van der Waals surface area contributed by atoms with E-state index in [-0.39, 0.29) is 5.82 Å². The maximum Gasteiger partial charge on any atom is 0.216 e. The lowest BCUT2D eigenvalue weighted by molar-refractivity contribution is 0.143. The highest BCUT2D eigenvalue weighted by atomic mass is 19.1. The Morgan fingerprint density at radius 1 is 1.11 bits per heavy atom. The summed E-state index contributed by atoms with van der Waals surface area (Å²) in [4.78, 5) is 8.11. The third-order valence-electron chi connectivity index (χ3n) is 2.32. The van der Waals surface area contributed by atoms with Crippen LogP contribution in [0.1, 0.15) is 0 Å². The van der Waals surface area contributed by atoms with Crippen LogP contribution in [0, 0.1) is 5.82 Å². The summed E-state index contributed by atoms with van der Waals surface area (Å²) in [5, 5.41) is 0. The summed E-state index contributed by atoms with van der Waals surface area (Å²) in [7, 11) is 1.60. The number of nitrogens with zero attached hydrogens (tertiary/aromatic N) is 2. The van der Waals surface area contributed by atoms with Crippen molar-refractivity contribution in [3.8, 4) is 17.1 Å². The molecule has 0 amide bonds. The van der Waals surface area contributed by atoms with Crippen LogP contribution in [-0.4, -0.2) is 30.3 Å². The number of halogens is 1. The first kappa shape index (κ1) is 12.4. The van der Waals surface area contributed by atoms with E-state index in [1.165, 1.54) is 18.5 Å². The Hall–Kier alpha value is -2.01. The van der Waals surface area contributed by atoms with Gasteiger partial charge in [-0.25, -0.2) is 14.4 Å². The quantitative estimate of drug-likeness (QED) is 0.762. The van der Waals surface area contributed by atoms with Crippen LogP contribution < -0.4 is 4.74 Å². The number of ether oxygens (including phenoxy) is 2. The van der Waals surface area contributed by atoms with E-state index in [2.05, 4.69) is 9.97 Å². The molecule has 5 heteroatoms. The molecule has 0 aliphatic carbocycles. The zero-order chi connectivity index (χ0) is 12.8. The Balaban J connectivity index is 2.13. The molecule has 1 heterocycles. The van der Waals surface area contributed by atoms with Gasteiger partial charge in [-0.15, -0.1) is 0 Å². The topological polar surface area (TPSA) is 44.2 Å². The van der Waals surface area contributed by atoms with Gasteiger partial charge in [0.2, 0.25) is 5.88 Å². The lowest BCUT2D eigenvalue weighted by Crippen LogP contribution is -2.05. The number of benzene rings is 1. The van der Waals surface area contributed by atoms with Crippen LogP contribution in [0.15, 0.2) is 36.7 Å². The Morgan fingerprint density at radius 3 is 2.61 bits per heavy atom. The largest absolute Gasteiger partial charge is 0.475 e. The molecule has 0 bridgehead atoms. The molecule has 2 rings (SSSR count). The zero-order valence-corrected chi connectivity index (χ0v) is 9.97. The molecule has 0 radical (unpaired) electrons. The molecule has 0 spiro atoms. The van der Waals surface area contributed by atoms with Gasteiger partial charge in [0.25, 0.3) is 0 Å². The van der Waals surface area contributed by atoms with E-state index in [0.717, 1.165) is 5.56 Å². The van der Waals surface area contributed by atoms with Gasteiger partial charge in [0.1, 0.15) is 18.8 Å². The van der Waals surface area contributed by atoms with Crippen LogP contribution in [0.2, 0.25) is 0 Å². The van der Waals surface area contributed by atoms with Gasteiger partial charge in [0, 0.05) is 18.7 Å². The van der Waals surface area contributed by atoms with E-state index in [9.17, 15) is 4.39 Å². The van der Waals surface area contributed by atoms with Crippen molar-refractivity contribution in [2.24, 2.45) is 0 Å². The average molecular weight is 248 g/mol. The van der Waals surface area contributed by atoms with Gasteiger partial charge < -0.3 is 9.47 Å². The highest BCUT2D eigenvalue weighted by Crippen LogP contribution is 2.19. The fraction of sp³-hybridized carbons (Fsp3) is 0.231. The summed E-state index contributed by atoms with van der Waals surface area (Å²) in [6, 6.07) is 7.82. The molecular formula is C13H13FN2O2. The first-order valence-electron chi connectivity index (χ1n) is 5.49. The van der Waals surface area contributed by atoms with Gasteiger partial charge in [0.15, 0.2) is 0 Å². The molecule has 4 nitrogen and oxygen atoms in total. The number of hydrogen-bond acceptors (Lipinski definition) is 4. The maximum atomic E-state index is 12.8. The molecule has 0 aliphatic heterocycles. The molecule has 0 N–H and O–H groups in total. The van der Waals surface area contributed by atoms with Crippen LogP contribution in [0.3, 0.4) is 0 Å².